The number of esters is 1. The van der Waals surface area contributed by atoms with Crippen molar-refractivity contribution in [2.75, 3.05) is 13.7 Å². The zero-order chi connectivity index (χ0) is 15.1. The van der Waals surface area contributed by atoms with E-state index in [1.165, 1.54) is 31.4 Å². The van der Waals surface area contributed by atoms with Gasteiger partial charge >= 0.3 is 5.97 Å². The highest BCUT2D eigenvalue weighted by Crippen LogP contribution is 2.05. The maximum absolute atomic E-state index is 11.8. The van der Waals surface area contributed by atoms with Gasteiger partial charge in [-0.15, -0.1) is 0 Å². The van der Waals surface area contributed by atoms with E-state index in [0.717, 1.165) is 0 Å². The van der Waals surface area contributed by atoms with Crippen molar-refractivity contribution in [2.24, 2.45) is 0 Å². The molecule has 2 amide bonds. The zero-order valence-electron chi connectivity index (χ0n) is 11.7. The molecule has 0 bridgehead atoms. The Morgan fingerprint density at radius 3 is 2.15 bits per heavy atom. The van der Waals surface area contributed by atoms with Crippen LogP contribution in [0, 0.1) is 0 Å². The molecule has 0 radical (unpaired) electrons. The maximum atomic E-state index is 11.8. The second-order valence-corrected chi connectivity index (χ2v) is 4.47. The second kappa shape index (κ2) is 7.28. The quantitative estimate of drug-likeness (QED) is 0.778. The Labute approximate surface area is 117 Å². The van der Waals surface area contributed by atoms with Crippen LogP contribution in [0.4, 0.5) is 0 Å². The average molecular weight is 278 g/mol. The molecular weight excluding hydrogens is 260 g/mol. The maximum Gasteiger partial charge on any atom is 0.337 e. The molecule has 2 N–H and O–H groups in total. The molecule has 1 aromatic carbocycles. The first kappa shape index (κ1) is 15.7. The summed E-state index contributed by atoms with van der Waals surface area (Å²) in [5.74, 6) is -1.09. The van der Waals surface area contributed by atoms with Crippen molar-refractivity contribution in [3.63, 3.8) is 0 Å². The SMILES string of the molecule is COC(=O)c1ccc(C(=O)NCC(=O)NC(C)C)cc1. The van der Waals surface area contributed by atoms with Gasteiger partial charge < -0.3 is 15.4 Å². The molecule has 0 fully saturated rings. The smallest absolute Gasteiger partial charge is 0.337 e. The van der Waals surface area contributed by atoms with E-state index in [4.69, 9.17) is 0 Å². The van der Waals surface area contributed by atoms with Gasteiger partial charge in [-0.1, -0.05) is 0 Å². The molecule has 6 heteroatoms. The lowest BCUT2D eigenvalue weighted by atomic mass is 10.1. The van der Waals surface area contributed by atoms with Crippen LogP contribution in [0.3, 0.4) is 0 Å². The molecule has 0 unspecified atom stereocenters. The molecule has 0 aliphatic carbocycles. The number of hydrogen-bond acceptors (Lipinski definition) is 4. The summed E-state index contributed by atoms with van der Waals surface area (Å²) in [5, 5.41) is 5.17. The molecule has 20 heavy (non-hydrogen) atoms. The molecule has 0 aromatic heterocycles. The van der Waals surface area contributed by atoms with E-state index in [1.807, 2.05) is 13.8 Å². The Bertz CT molecular complexity index is 494. The van der Waals surface area contributed by atoms with Crippen LogP contribution < -0.4 is 10.6 Å². The van der Waals surface area contributed by atoms with Crippen molar-refractivity contribution in [1.29, 1.82) is 0 Å². The molecule has 0 atom stereocenters. The summed E-state index contributed by atoms with van der Waals surface area (Å²) in [6.07, 6.45) is 0. The highest BCUT2D eigenvalue weighted by molar-refractivity contribution is 5.97. The fraction of sp³-hybridized carbons (Fsp3) is 0.357. The number of carbonyl (C=O) groups excluding carboxylic acids is 3. The molecule has 1 aromatic rings. The predicted octanol–water partition coefficient (Wildman–Crippen LogP) is 0.728. The normalized spacial score (nSPS) is 10.0. The molecule has 0 aliphatic heterocycles. The number of nitrogens with one attached hydrogen (secondary N) is 2. The Balaban J connectivity index is 2.56. The average Bonchev–Trinajstić information content (AvgIpc) is 2.43. The van der Waals surface area contributed by atoms with Crippen LogP contribution in [0.2, 0.25) is 0 Å². The van der Waals surface area contributed by atoms with E-state index < -0.39 is 5.97 Å². The number of hydrogen-bond donors (Lipinski definition) is 2. The largest absolute Gasteiger partial charge is 0.465 e. The van der Waals surface area contributed by atoms with Gasteiger partial charge in [-0.2, -0.15) is 0 Å². The number of amides is 2. The minimum Gasteiger partial charge on any atom is -0.465 e. The lowest BCUT2D eigenvalue weighted by Crippen LogP contribution is -2.39. The second-order valence-electron chi connectivity index (χ2n) is 4.47. The monoisotopic (exact) mass is 278 g/mol. The topological polar surface area (TPSA) is 84.5 Å². The van der Waals surface area contributed by atoms with Crippen LogP contribution in [-0.2, 0) is 9.53 Å². The number of methoxy groups -OCH3 is 1. The van der Waals surface area contributed by atoms with E-state index in [-0.39, 0.29) is 24.4 Å². The molecule has 108 valence electrons. The number of benzene rings is 1. The third-order valence-electron chi connectivity index (χ3n) is 2.43. The lowest BCUT2D eigenvalue weighted by molar-refractivity contribution is -0.120. The van der Waals surface area contributed by atoms with Crippen molar-refractivity contribution in [3.8, 4) is 0 Å². The number of rotatable bonds is 5. The molecule has 0 heterocycles. The van der Waals surface area contributed by atoms with E-state index >= 15 is 0 Å². The van der Waals surface area contributed by atoms with Crippen molar-refractivity contribution in [3.05, 3.63) is 35.4 Å². The Morgan fingerprint density at radius 2 is 1.65 bits per heavy atom. The Hall–Kier alpha value is -2.37. The Kier molecular flexibility index (Phi) is 5.71. The molecule has 0 aliphatic rings. The van der Waals surface area contributed by atoms with Crippen LogP contribution in [0.5, 0.6) is 0 Å². The van der Waals surface area contributed by atoms with Gasteiger partial charge in [0.05, 0.1) is 19.2 Å². The van der Waals surface area contributed by atoms with Crippen molar-refractivity contribution >= 4 is 17.8 Å². The first-order valence-electron chi connectivity index (χ1n) is 6.20. The highest BCUT2D eigenvalue weighted by Gasteiger charge is 2.10. The van der Waals surface area contributed by atoms with Crippen LogP contribution >= 0.6 is 0 Å². The number of carbonyl (C=O) groups is 3. The summed E-state index contributed by atoms with van der Waals surface area (Å²) in [6, 6.07) is 6.02. The van der Waals surface area contributed by atoms with Gasteiger partial charge in [0, 0.05) is 11.6 Å². The van der Waals surface area contributed by atoms with E-state index in [0.29, 0.717) is 11.1 Å². The van der Waals surface area contributed by atoms with E-state index in [9.17, 15) is 14.4 Å². The minimum absolute atomic E-state index is 0.0266. The summed E-state index contributed by atoms with van der Waals surface area (Å²) < 4.78 is 4.56. The van der Waals surface area contributed by atoms with Crippen LogP contribution in [0.1, 0.15) is 34.6 Å². The molecule has 0 spiro atoms. The van der Waals surface area contributed by atoms with Gasteiger partial charge in [0.2, 0.25) is 5.91 Å². The summed E-state index contributed by atoms with van der Waals surface area (Å²) in [6.45, 7) is 3.59. The molecule has 6 nitrogen and oxygen atoms in total. The molecular formula is C14H18N2O4. The first-order chi connectivity index (χ1) is 9.43. The lowest BCUT2D eigenvalue weighted by Gasteiger charge is -2.09. The van der Waals surface area contributed by atoms with Gasteiger partial charge in [0.1, 0.15) is 0 Å². The predicted molar refractivity (Wildman–Crippen MR) is 73.4 cm³/mol. The Morgan fingerprint density at radius 1 is 1.10 bits per heavy atom. The van der Waals surface area contributed by atoms with Crippen LogP contribution in [0.25, 0.3) is 0 Å². The highest BCUT2D eigenvalue weighted by atomic mass is 16.5. The van der Waals surface area contributed by atoms with Crippen molar-refractivity contribution in [1.82, 2.24) is 10.6 Å². The fourth-order valence-corrected chi connectivity index (χ4v) is 1.51. The molecule has 0 saturated heterocycles. The summed E-state index contributed by atoms with van der Waals surface area (Å²) in [4.78, 5) is 34.4. The van der Waals surface area contributed by atoms with Gasteiger partial charge in [0.25, 0.3) is 5.91 Å². The molecule has 1 rings (SSSR count). The third-order valence-corrected chi connectivity index (χ3v) is 2.43. The van der Waals surface area contributed by atoms with Crippen LogP contribution in [0.15, 0.2) is 24.3 Å². The van der Waals surface area contributed by atoms with Gasteiger partial charge in [-0.05, 0) is 38.1 Å². The van der Waals surface area contributed by atoms with E-state index in [2.05, 4.69) is 15.4 Å². The fourth-order valence-electron chi connectivity index (χ4n) is 1.51. The summed E-state index contributed by atoms with van der Waals surface area (Å²) >= 11 is 0. The van der Waals surface area contributed by atoms with Crippen molar-refractivity contribution in [2.45, 2.75) is 19.9 Å². The standard InChI is InChI=1S/C14H18N2O4/c1-9(2)16-12(17)8-15-13(18)10-4-6-11(7-5-10)14(19)20-3/h4-7,9H,8H2,1-3H3,(H,15,18)(H,16,17). The number of ether oxygens (including phenoxy) is 1. The van der Waals surface area contributed by atoms with Gasteiger partial charge in [-0.3, -0.25) is 9.59 Å². The minimum atomic E-state index is -0.465. The molecule has 0 saturated carbocycles. The summed E-state index contributed by atoms with van der Waals surface area (Å²) in [7, 11) is 1.29. The van der Waals surface area contributed by atoms with Gasteiger partial charge in [-0.25, -0.2) is 4.79 Å². The first-order valence-corrected chi connectivity index (χ1v) is 6.20. The summed E-state index contributed by atoms with van der Waals surface area (Å²) in [5.41, 5.74) is 0.733. The zero-order valence-corrected chi connectivity index (χ0v) is 11.7. The van der Waals surface area contributed by atoms with Crippen molar-refractivity contribution < 1.29 is 19.1 Å². The third kappa shape index (κ3) is 4.72. The van der Waals surface area contributed by atoms with E-state index in [1.54, 1.807) is 0 Å². The van der Waals surface area contributed by atoms with Gasteiger partial charge in [0.15, 0.2) is 0 Å². The van der Waals surface area contributed by atoms with Crippen LogP contribution in [-0.4, -0.2) is 37.5 Å².